The molecule has 1 fully saturated rings. The van der Waals surface area contributed by atoms with Crippen LogP contribution in [0.4, 0.5) is 0 Å². The summed E-state index contributed by atoms with van der Waals surface area (Å²) < 4.78 is 5.65. The molecule has 3 heterocycles. The predicted molar refractivity (Wildman–Crippen MR) is 91.2 cm³/mol. The summed E-state index contributed by atoms with van der Waals surface area (Å²) in [5.74, 6) is 1.51. The third kappa shape index (κ3) is 4.44. The Labute approximate surface area is 141 Å². The van der Waals surface area contributed by atoms with Crippen molar-refractivity contribution in [1.82, 2.24) is 4.90 Å². The molecule has 0 saturated carbocycles. The fourth-order valence-corrected chi connectivity index (χ4v) is 4.08. The van der Waals surface area contributed by atoms with Gasteiger partial charge in [0.1, 0.15) is 18.1 Å². The van der Waals surface area contributed by atoms with E-state index >= 15 is 0 Å². The van der Waals surface area contributed by atoms with Crippen molar-refractivity contribution in [3.8, 4) is 0 Å². The Kier molecular flexibility index (Phi) is 5.89. The molecule has 2 aromatic rings. The molecular formula is C18H25NO3S. The number of rotatable bonds is 6. The summed E-state index contributed by atoms with van der Waals surface area (Å²) in [4.78, 5) is 3.49. The quantitative estimate of drug-likeness (QED) is 0.845. The molecule has 126 valence electrons. The van der Waals surface area contributed by atoms with Gasteiger partial charge in [-0.05, 0) is 49.4 Å². The molecule has 0 amide bonds. The molecular weight excluding hydrogens is 310 g/mol. The summed E-state index contributed by atoms with van der Waals surface area (Å²) in [7, 11) is 0. The normalized spacial score (nSPS) is 21.2. The molecule has 4 nitrogen and oxygen atoms in total. The van der Waals surface area contributed by atoms with Gasteiger partial charge in [-0.25, -0.2) is 0 Å². The number of aliphatic hydroxyl groups excluding tert-OH is 2. The Morgan fingerprint density at radius 2 is 2.09 bits per heavy atom. The summed E-state index contributed by atoms with van der Waals surface area (Å²) in [6, 6.07) is 8.16. The van der Waals surface area contributed by atoms with Crippen molar-refractivity contribution in [2.24, 2.45) is 0 Å². The van der Waals surface area contributed by atoms with Crippen LogP contribution in [0.25, 0.3) is 0 Å². The molecule has 1 saturated heterocycles. The first-order valence-electron chi connectivity index (χ1n) is 8.40. The number of thiophene rings is 1. The van der Waals surface area contributed by atoms with Crippen LogP contribution in [-0.2, 0) is 13.2 Å². The second kappa shape index (κ2) is 8.11. The second-order valence-electron chi connectivity index (χ2n) is 6.27. The zero-order chi connectivity index (χ0) is 16.1. The summed E-state index contributed by atoms with van der Waals surface area (Å²) in [5.41, 5.74) is 0. The lowest BCUT2D eigenvalue weighted by Gasteiger charge is -2.30. The molecule has 2 N–H and O–H groups in total. The average Bonchev–Trinajstić information content (AvgIpc) is 3.19. The van der Waals surface area contributed by atoms with Crippen LogP contribution in [-0.4, -0.2) is 27.7 Å². The topological polar surface area (TPSA) is 56.8 Å². The molecule has 0 bridgehead atoms. The highest BCUT2D eigenvalue weighted by Crippen LogP contribution is 2.29. The van der Waals surface area contributed by atoms with Crippen LogP contribution < -0.4 is 0 Å². The SMILES string of the molecule is OCc1ccc(CN2CCCCC[C@H]2C[C@H](O)c2cccs2)o1. The van der Waals surface area contributed by atoms with E-state index in [2.05, 4.69) is 4.90 Å². The second-order valence-corrected chi connectivity index (χ2v) is 7.25. The highest BCUT2D eigenvalue weighted by atomic mass is 32.1. The maximum absolute atomic E-state index is 10.5. The minimum Gasteiger partial charge on any atom is -0.462 e. The van der Waals surface area contributed by atoms with Gasteiger partial charge in [-0.1, -0.05) is 18.9 Å². The molecule has 0 aliphatic carbocycles. The molecule has 23 heavy (non-hydrogen) atoms. The van der Waals surface area contributed by atoms with Gasteiger partial charge in [0.25, 0.3) is 0 Å². The van der Waals surface area contributed by atoms with E-state index in [0.717, 1.165) is 36.6 Å². The van der Waals surface area contributed by atoms with E-state index in [1.54, 1.807) is 11.3 Å². The van der Waals surface area contributed by atoms with Crippen LogP contribution in [0.2, 0.25) is 0 Å². The Morgan fingerprint density at radius 1 is 1.22 bits per heavy atom. The molecule has 1 aliphatic heterocycles. The molecule has 3 rings (SSSR count). The first kappa shape index (κ1) is 16.7. The van der Waals surface area contributed by atoms with Crippen molar-refractivity contribution in [3.63, 3.8) is 0 Å². The van der Waals surface area contributed by atoms with Gasteiger partial charge < -0.3 is 14.6 Å². The van der Waals surface area contributed by atoms with Crippen molar-refractivity contribution in [1.29, 1.82) is 0 Å². The van der Waals surface area contributed by atoms with Gasteiger partial charge in [0.15, 0.2) is 0 Å². The van der Waals surface area contributed by atoms with Gasteiger partial charge in [-0.2, -0.15) is 0 Å². The number of hydrogen-bond acceptors (Lipinski definition) is 5. The molecule has 0 radical (unpaired) electrons. The Balaban J connectivity index is 1.66. The molecule has 0 aromatic carbocycles. The summed E-state index contributed by atoms with van der Waals surface area (Å²) in [6.45, 7) is 1.74. The van der Waals surface area contributed by atoms with Gasteiger partial charge in [0.2, 0.25) is 0 Å². The lowest BCUT2D eigenvalue weighted by Crippen LogP contribution is -2.35. The minimum absolute atomic E-state index is 0.0550. The highest BCUT2D eigenvalue weighted by Gasteiger charge is 2.25. The fraction of sp³-hybridized carbons (Fsp3) is 0.556. The number of likely N-dealkylation sites (tertiary alicyclic amines) is 1. The maximum atomic E-state index is 10.5. The van der Waals surface area contributed by atoms with E-state index in [0.29, 0.717) is 11.8 Å². The predicted octanol–water partition coefficient (Wildman–Crippen LogP) is 3.70. The van der Waals surface area contributed by atoms with Crippen molar-refractivity contribution in [3.05, 3.63) is 46.0 Å². The summed E-state index contributed by atoms with van der Waals surface area (Å²) in [6.07, 6.45) is 5.18. The zero-order valence-corrected chi connectivity index (χ0v) is 14.2. The highest BCUT2D eigenvalue weighted by molar-refractivity contribution is 7.10. The Bertz CT molecular complexity index is 581. The van der Waals surface area contributed by atoms with Crippen molar-refractivity contribution < 1.29 is 14.6 Å². The number of aliphatic hydroxyl groups is 2. The van der Waals surface area contributed by atoms with Gasteiger partial charge in [-0.3, -0.25) is 4.90 Å². The molecule has 2 atom stereocenters. The van der Waals surface area contributed by atoms with E-state index in [1.807, 2.05) is 29.6 Å². The van der Waals surface area contributed by atoms with Gasteiger partial charge in [0.05, 0.1) is 12.6 Å². The smallest absolute Gasteiger partial charge is 0.129 e. The zero-order valence-electron chi connectivity index (χ0n) is 13.4. The van der Waals surface area contributed by atoms with Crippen LogP contribution in [0.15, 0.2) is 34.1 Å². The van der Waals surface area contributed by atoms with Crippen LogP contribution in [0.3, 0.4) is 0 Å². The van der Waals surface area contributed by atoms with Crippen molar-refractivity contribution >= 4 is 11.3 Å². The maximum Gasteiger partial charge on any atom is 0.129 e. The number of hydrogen-bond donors (Lipinski definition) is 2. The number of furan rings is 1. The van der Waals surface area contributed by atoms with Crippen LogP contribution in [0, 0.1) is 0 Å². The van der Waals surface area contributed by atoms with Crippen molar-refractivity contribution in [2.75, 3.05) is 6.54 Å². The fourth-order valence-electron chi connectivity index (χ4n) is 3.36. The third-order valence-corrected chi connectivity index (χ3v) is 5.57. The average molecular weight is 335 g/mol. The van der Waals surface area contributed by atoms with E-state index in [4.69, 9.17) is 9.52 Å². The van der Waals surface area contributed by atoms with E-state index in [1.165, 1.54) is 19.3 Å². The lowest BCUT2D eigenvalue weighted by molar-refractivity contribution is 0.0945. The number of nitrogens with zero attached hydrogens (tertiary/aromatic N) is 1. The minimum atomic E-state index is -0.384. The largest absolute Gasteiger partial charge is 0.462 e. The Hall–Kier alpha value is -1.14. The van der Waals surface area contributed by atoms with E-state index in [9.17, 15) is 5.11 Å². The summed E-state index contributed by atoms with van der Waals surface area (Å²) in [5, 5.41) is 21.7. The van der Waals surface area contributed by atoms with Crippen LogP contribution in [0.5, 0.6) is 0 Å². The van der Waals surface area contributed by atoms with E-state index in [-0.39, 0.29) is 12.7 Å². The summed E-state index contributed by atoms with van der Waals surface area (Å²) >= 11 is 1.62. The monoisotopic (exact) mass is 335 g/mol. The van der Waals surface area contributed by atoms with Crippen LogP contribution in [0.1, 0.15) is 54.6 Å². The van der Waals surface area contributed by atoms with Gasteiger partial charge in [0, 0.05) is 10.9 Å². The molecule has 5 heteroatoms. The van der Waals surface area contributed by atoms with Crippen molar-refractivity contribution in [2.45, 2.75) is 57.4 Å². The molecule has 0 spiro atoms. The van der Waals surface area contributed by atoms with E-state index < -0.39 is 0 Å². The van der Waals surface area contributed by atoms with Gasteiger partial charge in [-0.15, -0.1) is 11.3 Å². The third-order valence-electron chi connectivity index (χ3n) is 4.60. The lowest BCUT2D eigenvalue weighted by atomic mass is 10.0. The molecule has 1 aliphatic rings. The van der Waals surface area contributed by atoms with Crippen LogP contribution >= 0.6 is 11.3 Å². The first-order valence-corrected chi connectivity index (χ1v) is 9.28. The van der Waals surface area contributed by atoms with Gasteiger partial charge >= 0.3 is 0 Å². The Morgan fingerprint density at radius 3 is 2.83 bits per heavy atom. The standard InChI is InChI=1S/C18H25NO3S/c20-13-16-8-7-15(22-16)12-19-9-3-1-2-5-14(19)11-17(21)18-6-4-10-23-18/h4,6-8,10,14,17,20-21H,1-3,5,9,11-13H2/t14-,17-/m0/s1. The first-order chi connectivity index (χ1) is 11.3. The molecule has 0 unspecified atom stereocenters. The molecule has 2 aromatic heterocycles.